The molecule has 0 amide bonds. The Bertz CT molecular complexity index is 562. The maximum absolute atomic E-state index is 5.54. The Labute approximate surface area is 94.6 Å². The highest BCUT2D eigenvalue weighted by Gasteiger charge is 2.08. The van der Waals surface area contributed by atoms with Gasteiger partial charge in [0.2, 0.25) is 0 Å². The van der Waals surface area contributed by atoms with Crippen LogP contribution in [0.4, 0.5) is 0 Å². The molecule has 3 aromatic heterocycles. The van der Waals surface area contributed by atoms with E-state index in [1.165, 1.54) is 15.1 Å². The number of thiophene rings is 1. The predicted molar refractivity (Wildman–Crippen MR) is 65.2 cm³/mol. The first-order chi connectivity index (χ1) is 7.36. The van der Waals surface area contributed by atoms with Crippen LogP contribution in [0, 0.1) is 0 Å². The van der Waals surface area contributed by atoms with Gasteiger partial charge in [-0.3, -0.25) is 0 Å². The summed E-state index contributed by atoms with van der Waals surface area (Å²) < 4.78 is 0. The van der Waals surface area contributed by atoms with E-state index in [4.69, 9.17) is 5.73 Å². The van der Waals surface area contributed by atoms with Crippen molar-refractivity contribution < 1.29 is 0 Å². The molecule has 0 radical (unpaired) electrons. The molecule has 76 valence electrons. The number of hydrogen-bond acceptors (Lipinski definition) is 4. The van der Waals surface area contributed by atoms with Gasteiger partial charge in [0.25, 0.3) is 0 Å². The fourth-order valence-electron chi connectivity index (χ4n) is 1.47. The van der Waals surface area contributed by atoms with E-state index in [1.807, 2.05) is 11.6 Å². The van der Waals surface area contributed by atoms with E-state index in [1.54, 1.807) is 22.7 Å². The molecule has 0 aliphatic rings. The van der Waals surface area contributed by atoms with Crippen LogP contribution in [0.15, 0.2) is 23.7 Å². The van der Waals surface area contributed by atoms with E-state index in [0.717, 1.165) is 10.7 Å². The zero-order valence-electron chi connectivity index (χ0n) is 7.86. The molecular formula is C10H9N3S2. The number of nitrogens with one attached hydrogen (secondary N) is 1. The van der Waals surface area contributed by atoms with Crippen molar-refractivity contribution in [3.05, 3.63) is 29.4 Å². The molecule has 0 aromatic carbocycles. The molecule has 3 aromatic rings. The molecule has 3 N–H and O–H groups in total. The van der Waals surface area contributed by atoms with Crippen molar-refractivity contribution in [1.82, 2.24) is 9.97 Å². The number of hydrogen-bond donors (Lipinski definition) is 2. The van der Waals surface area contributed by atoms with Crippen molar-refractivity contribution in [3.8, 4) is 9.88 Å². The molecule has 3 heterocycles. The van der Waals surface area contributed by atoms with Crippen LogP contribution in [0.3, 0.4) is 0 Å². The highest BCUT2D eigenvalue weighted by Crippen LogP contribution is 2.34. The van der Waals surface area contributed by atoms with Gasteiger partial charge in [-0.15, -0.1) is 22.7 Å². The van der Waals surface area contributed by atoms with Crippen LogP contribution < -0.4 is 5.73 Å². The second kappa shape index (κ2) is 3.44. The summed E-state index contributed by atoms with van der Waals surface area (Å²) in [4.78, 5) is 10.1. The van der Waals surface area contributed by atoms with Crippen molar-refractivity contribution in [2.45, 2.75) is 6.54 Å². The third-order valence-corrected chi connectivity index (χ3v) is 4.35. The number of aromatic amines is 1. The summed E-state index contributed by atoms with van der Waals surface area (Å²) in [5.74, 6) is 0. The van der Waals surface area contributed by atoms with Gasteiger partial charge in [-0.2, -0.15) is 0 Å². The molecule has 3 nitrogen and oxygen atoms in total. The van der Waals surface area contributed by atoms with Gasteiger partial charge in [-0.1, -0.05) is 0 Å². The standard InChI is InChI=1S/C10H9N3S2/c11-4-7-5-14-10(13-7)8-3-6-1-2-12-9(6)15-8/h1-3,5,12H,4,11H2. The lowest BCUT2D eigenvalue weighted by atomic mass is 10.4. The van der Waals surface area contributed by atoms with Crippen molar-refractivity contribution >= 4 is 32.9 Å². The van der Waals surface area contributed by atoms with Gasteiger partial charge in [-0.05, 0) is 12.1 Å². The van der Waals surface area contributed by atoms with E-state index in [2.05, 4.69) is 22.1 Å². The normalized spacial score (nSPS) is 11.3. The minimum absolute atomic E-state index is 0.514. The number of H-pyrrole nitrogens is 1. The zero-order valence-corrected chi connectivity index (χ0v) is 9.49. The summed E-state index contributed by atoms with van der Waals surface area (Å²) >= 11 is 3.38. The predicted octanol–water partition coefficient (Wildman–Crippen LogP) is 2.81. The molecule has 0 fully saturated rings. The first kappa shape index (κ1) is 9.08. The van der Waals surface area contributed by atoms with Crippen molar-refractivity contribution in [2.24, 2.45) is 5.73 Å². The highest BCUT2D eigenvalue weighted by atomic mass is 32.1. The summed E-state index contributed by atoms with van der Waals surface area (Å²) in [5.41, 5.74) is 6.50. The molecule has 0 unspecified atom stereocenters. The lowest BCUT2D eigenvalue weighted by molar-refractivity contribution is 1.01. The maximum atomic E-state index is 5.54. The average Bonchev–Trinajstić information content (AvgIpc) is 2.91. The largest absolute Gasteiger partial charge is 0.353 e. The molecule has 3 rings (SSSR count). The Morgan fingerprint density at radius 2 is 2.40 bits per heavy atom. The van der Waals surface area contributed by atoms with Crippen LogP contribution in [0.5, 0.6) is 0 Å². The summed E-state index contributed by atoms with van der Waals surface area (Å²) in [6.07, 6.45) is 1.96. The van der Waals surface area contributed by atoms with Gasteiger partial charge in [0.1, 0.15) is 9.84 Å². The van der Waals surface area contributed by atoms with Crippen LogP contribution >= 0.6 is 22.7 Å². The van der Waals surface area contributed by atoms with Crippen LogP contribution in [0.25, 0.3) is 20.1 Å². The number of nitrogens with two attached hydrogens (primary N) is 1. The Morgan fingerprint density at radius 3 is 3.13 bits per heavy atom. The van der Waals surface area contributed by atoms with Gasteiger partial charge in [-0.25, -0.2) is 4.98 Å². The van der Waals surface area contributed by atoms with Crippen molar-refractivity contribution in [3.63, 3.8) is 0 Å². The third kappa shape index (κ3) is 1.49. The molecule has 0 saturated heterocycles. The Hall–Kier alpha value is -1.17. The maximum Gasteiger partial charge on any atom is 0.133 e. The fourth-order valence-corrected chi connectivity index (χ4v) is 3.39. The van der Waals surface area contributed by atoms with Gasteiger partial charge in [0.05, 0.1) is 10.6 Å². The zero-order chi connectivity index (χ0) is 10.3. The first-order valence-corrected chi connectivity index (χ1v) is 6.28. The second-order valence-corrected chi connectivity index (χ2v) is 5.13. The monoisotopic (exact) mass is 235 g/mol. The highest BCUT2D eigenvalue weighted by molar-refractivity contribution is 7.25. The lowest BCUT2D eigenvalue weighted by Crippen LogP contribution is -1.95. The topological polar surface area (TPSA) is 54.7 Å². The molecule has 0 saturated carbocycles. The number of rotatable bonds is 2. The number of aromatic nitrogens is 2. The van der Waals surface area contributed by atoms with Crippen LogP contribution in [-0.2, 0) is 6.54 Å². The molecule has 0 aliphatic carbocycles. The van der Waals surface area contributed by atoms with Gasteiger partial charge in [0, 0.05) is 23.5 Å². The third-order valence-electron chi connectivity index (χ3n) is 2.21. The molecular weight excluding hydrogens is 226 g/mol. The van der Waals surface area contributed by atoms with E-state index < -0.39 is 0 Å². The van der Waals surface area contributed by atoms with Gasteiger partial charge < -0.3 is 10.7 Å². The molecule has 0 spiro atoms. The number of fused-ring (bicyclic) bond motifs is 1. The SMILES string of the molecule is NCc1csc(-c2cc3cc[nH]c3s2)n1. The summed E-state index contributed by atoms with van der Waals surface area (Å²) in [7, 11) is 0. The van der Waals surface area contributed by atoms with E-state index in [0.29, 0.717) is 6.54 Å². The summed E-state index contributed by atoms with van der Waals surface area (Å²) in [6.45, 7) is 0.514. The fraction of sp³-hybridized carbons (Fsp3) is 0.100. The minimum Gasteiger partial charge on any atom is -0.353 e. The minimum atomic E-state index is 0.514. The molecule has 0 aliphatic heterocycles. The lowest BCUT2D eigenvalue weighted by Gasteiger charge is -1.87. The van der Waals surface area contributed by atoms with Gasteiger partial charge >= 0.3 is 0 Å². The first-order valence-electron chi connectivity index (χ1n) is 4.58. The summed E-state index contributed by atoms with van der Waals surface area (Å²) in [5, 5.41) is 4.33. The molecule has 15 heavy (non-hydrogen) atoms. The quantitative estimate of drug-likeness (QED) is 0.717. The smallest absolute Gasteiger partial charge is 0.133 e. The Balaban J connectivity index is 2.09. The van der Waals surface area contributed by atoms with E-state index in [-0.39, 0.29) is 0 Å². The Kier molecular flexibility index (Phi) is 2.09. The van der Waals surface area contributed by atoms with Crippen molar-refractivity contribution in [1.29, 1.82) is 0 Å². The van der Waals surface area contributed by atoms with Crippen LogP contribution in [-0.4, -0.2) is 9.97 Å². The van der Waals surface area contributed by atoms with E-state index in [9.17, 15) is 0 Å². The van der Waals surface area contributed by atoms with Gasteiger partial charge in [0.15, 0.2) is 0 Å². The molecule has 0 atom stereocenters. The number of thiazole rings is 1. The average molecular weight is 235 g/mol. The van der Waals surface area contributed by atoms with Crippen molar-refractivity contribution in [2.75, 3.05) is 0 Å². The second-order valence-electron chi connectivity index (χ2n) is 3.22. The van der Waals surface area contributed by atoms with Crippen LogP contribution in [0.2, 0.25) is 0 Å². The van der Waals surface area contributed by atoms with Crippen LogP contribution in [0.1, 0.15) is 5.69 Å². The number of nitrogens with zero attached hydrogens (tertiary/aromatic N) is 1. The molecule has 0 bridgehead atoms. The molecule has 5 heteroatoms. The van der Waals surface area contributed by atoms with E-state index >= 15 is 0 Å². The Morgan fingerprint density at radius 1 is 1.47 bits per heavy atom. The summed E-state index contributed by atoms with van der Waals surface area (Å²) in [6, 6.07) is 4.24.